The first kappa shape index (κ1) is 13.9. The summed E-state index contributed by atoms with van der Waals surface area (Å²) in [5.41, 5.74) is 2.19. The summed E-state index contributed by atoms with van der Waals surface area (Å²) >= 11 is 0. The number of fused-ring (bicyclic) bond motifs is 1. The molecule has 1 aromatic heterocycles. The van der Waals surface area contributed by atoms with Gasteiger partial charge in [-0.15, -0.1) is 0 Å². The van der Waals surface area contributed by atoms with Gasteiger partial charge in [-0.25, -0.2) is 0 Å². The molecule has 22 heavy (non-hydrogen) atoms. The van der Waals surface area contributed by atoms with Gasteiger partial charge in [0.2, 0.25) is 0 Å². The summed E-state index contributed by atoms with van der Waals surface area (Å²) in [7, 11) is 1.47. The van der Waals surface area contributed by atoms with E-state index in [0.29, 0.717) is 28.3 Å². The van der Waals surface area contributed by atoms with Crippen molar-refractivity contribution in [1.29, 1.82) is 0 Å². The van der Waals surface area contributed by atoms with Crippen LogP contribution in [0.4, 0.5) is 0 Å². The van der Waals surface area contributed by atoms with Crippen LogP contribution in [0.5, 0.6) is 5.75 Å². The van der Waals surface area contributed by atoms with E-state index >= 15 is 0 Å². The summed E-state index contributed by atoms with van der Waals surface area (Å²) in [4.78, 5) is 5.53. The summed E-state index contributed by atoms with van der Waals surface area (Å²) < 4.78 is 9.71. The first-order valence-electron chi connectivity index (χ1n) is 6.55. The zero-order valence-electron chi connectivity index (χ0n) is 11.8. The summed E-state index contributed by atoms with van der Waals surface area (Å²) in [6.07, 6.45) is 1.48. The lowest BCUT2D eigenvalue weighted by molar-refractivity contribution is -0.782. The number of hydrogen-bond acceptors (Lipinski definition) is 6. The second kappa shape index (κ2) is 6.13. The normalized spacial score (nSPS) is 11.1. The van der Waals surface area contributed by atoms with Crippen molar-refractivity contribution in [1.82, 2.24) is 5.16 Å². The quantitative estimate of drug-likeness (QED) is 0.409. The van der Waals surface area contributed by atoms with Crippen LogP contribution in [-0.2, 0) is 11.4 Å². The summed E-state index contributed by atoms with van der Waals surface area (Å²) in [5.74, 6) is 0.383. The van der Waals surface area contributed by atoms with Gasteiger partial charge < -0.3 is 14.8 Å². The van der Waals surface area contributed by atoms with E-state index in [4.69, 9.17) is 9.57 Å². The fraction of sp³-hybridized carbons (Fsp3) is 0.133. The minimum atomic E-state index is 0.217. The zero-order chi connectivity index (χ0) is 15.4. The van der Waals surface area contributed by atoms with E-state index in [1.54, 1.807) is 12.1 Å². The first-order valence-corrected chi connectivity index (χ1v) is 6.55. The Labute approximate surface area is 125 Å². The third-order valence-electron chi connectivity index (χ3n) is 3.09. The zero-order valence-corrected chi connectivity index (χ0v) is 11.8. The highest BCUT2D eigenvalue weighted by Gasteiger charge is 2.18. The van der Waals surface area contributed by atoms with Crippen LogP contribution < -0.4 is 9.64 Å². The molecule has 0 unspecified atom stereocenters. The molecule has 0 saturated heterocycles. The van der Waals surface area contributed by atoms with Gasteiger partial charge in [-0.3, -0.25) is 4.63 Å². The molecule has 0 atom stereocenters. The van der Waals surface area contributed by atoms with Gasteiger partial charge >= 0.3 is 0 Å². The van der Waals surface area contributed by atoms with Crippen LogP contribution >= 0.6 is 0 Å². The smallest absolute Gasteiger partial charge is 0.268 e. The first-order chi connectivity index (χ1) is 10.8. The molecule has 0 aliphatic heterocycles. The molecule has 0 aliphatic rings. The fourth-order valence-electron chi connectivity index (χ4n) is 2.02. The highest BCUT2D eigenvalue weighted by atomic mass is 16.8. The van der Waals surface area contributed by atoms with Crippen LogP contribution in [0.1, 0.15) is 11.1 Å². The van der Waals surface area contributed by atoms with Crippen molar-refractivity contribution >= 4 is 17.2 Å². The molecule has 3 rings (SSSR count). The molecule has 7 heteroatoms. The van der Waals surface area contributed by atoms with Gasteiger partial charge in [-0.1, -0.05) is 35.5 Å². The standard InChI is InChI=1S/C15H13N3O4/c1-20-13-8-7-12(14-15(13)18(19)22-17-14)9-16-21-10-11-5-3-2-4-6-11/h2-9H,10H2,1H3/b16-9+. The molecule has 0 radical (unpaired) electrons. The molecular formula is C15H13N3O4. The Balaban J connectivity index is 1.78. The van der Waals surface area contributed by atoms with Crippen LogP contribution in [0.2, 0.25) is 0 Å². The second-order valence-corrected chi connectivity index (χ2v) is 4.48. The molecule has 0 bridgehead atoms. The summed E-state index contributed by atoms with van der Waals surface area (Å²) in [6, 6.07) is 13.0. The number of ether oxygens (including phenoxy) is 1. The third-order valence-corrected chi connectivity index (χ3v) is 3.09. The molecule has 7 nitrogen and oxygen atoms in total. The third kappa shape index (κ3) is 2.69. The summed E-state index contributed by atoms with van der Waals surface area (Å²) in [5, 5.41) is 19.2. The molecule has 1 heterocycles. The van der Waals surface area contributed by atoms with Gasteiger partial charge in [-0.05, 0) is 22.6 Å². The van der Waals surface area contributed by atoms with Crippen molar-refractivity contribution in [3.05, 3.63) is 58.8 Å². The lowest BCUT2D eigenvalue weighted by Gasteiger charge is -2.00. The van der Waals surface area contributed by atoms with Crippen LogP contribution in [0.25, 0.3) is 11.0 Å². The molecule has 0 aliphatic carbocycles. The maximum Gasteiger partial charge on any atom is 0.268 e. The Kier molecular flexibility index (Phi) is 3.86. The summed E-state index contributed by atoms with van der Waals surface area (Å²) in [6.45, 7) is 0.358. The number of nitrogens with zero attached hydrogens (tertiary/aromatic N) is 3. The molecule has 0 N–H and O–H groups in total. The van der Waals surface area contributed by atoms with E-state index in [1.165, 1.54) is 13.3 Å². The monoisotopic (exact) mass is 299 g/mol. The number of aromatic nitrogens is 2. The van der Waals surface area contributed by atoms with E-state index in [1.807, 2.05) is 30.3 Å². The van der Waals surface area contributed by atoms with Crippen molar-refractivity contribution in [3.8, 4) is 5.75 Å². The fourth-order valence-corrected chi connectivity index (χ4v) is 2.02. The molecule has 0 fully saturated rings. The topological polar surface area (TPSA) is 83.8 Å². The number of benzene rings is 2. The van der Waals surface area contributed by atoms with E-state index < -0.39 is 0 Å². The van der Waals surface area contributed by atoms with Crippen molar-refractivity contribution in [3.63, 3.8) is 0 Å². The number of oxime groups is 1. The van der Waals surface area contributed by atoms with Gasteiger partial charge in [0, 0.05) is 5.16 Å². The van der Waals surface area contributed by atoms with Crippen LogP contribution in [-0.4, -0.2) is 18.5 Å². The minimum Gasteiger partial charge on any atom is -0.492 e. The molecule has 3 aromatic rings. The molecular weight excluding hydrogens is 286 g/mol. The number of methoxy groups -OCH3 is 1. The predicted octanol–water partition coefficient (Wildman–Crippen LogP) is 2.02. The average molecular weight is 299 g/mol. The average Bonchev–Trinajstić information content (AvgIpc) is 2.95. The Morgan fingerprint density at radius 3 is 2.86 bits per heavy atom. The molecule has 112 valence electrons. The molecule has 0 saturated carbocycles. The number of rotatable bonds is 5. The van der Waals surface area contributed by atoms with E-state index in [9.17, 15) is 5.21 Å². The lowest BCUT2D eigenvalue weighted by atomic mass is 10.2. The van der Waals surface area contributed by atoms with Gasteiger partial charge in [0.1, 0.15) is 6.61 Å². The van der Waals surface area contributed by atoms with Crippen LogP contribution in [0.3, 0.4) is 0 Å². The van der Waals surface area contributed by atoms with Crippen LogP contribution in [0.15, 0.2) is 52.2 Å². The van der Waals surface area contributed by atoms with E-state index in [-0.39, 0.29) is 5.52 Å². The highest BCUT2D eigenvalue weighted by molar-refractivity contribution is 5.96. The molecule has 0 spiro atoms. The highest BCUT2D eigenvalue weighted by Crippen LogP contribution is 2.23. The van der Waals surface area contributed by atoms with Crippen LogP contribution in [0, 0.1) is 5.21 Å². The van der Waals surface area contributed by atoms with Crippen molar-refractivity contribution < 1.29 is 19.1 Å². The van der Waals surface area contributed by atoms with E-state index in [0.717, 1.165) is 5.56 Å². The van der Waals surface area contributed by atoms with Crippen molar-refractivity contribution in [2.45, 2.75) is 6.61 Å². The van der Waals surface area contributed by atoms with Gasteiger partial charge in [0.15, 0.2) is 5.75 Å². The number of hydrogen-bond donors (Lipinski definition) is 0. The van der Waals surface area contributed by atoms with Crippen molar-refractivity contribution in [2.24, 2.45) is 5.16 Å². The largest absolute Gasteiger partial charge is 0.492 e. The van der Waals surface area contributed by atoms with Crippen molar-refractivity contribution in [2.75, 3.05) is 7.11 Å². The Morgan fingerprint density at radius 2 is 2.09 bits per heavy atom. The molecule has 0 amide bonds. The maximum absolute atomic E-state index is 11.6. The molecule has 2 aromatic carbocycles. The Morgan fingerprint density at radius 1 is 1.27 bits per heavy atom. The minimum absolute atomic E-state index is 0.217. The van der Waals surface area contributed by atoms with E-state index in [2.05, 4.69) is 14.9 Å². The SMILES string of the molecule is COc1ccc(/C=N/OCc2ccccc2)c2no[n+]([O-])c12. The van der Waals surface area contributed by atoms with Gasteiger partial charge in [0.25, 0.3) is 11.0 Å². The maximum atomic E-state index is 11.6. The second-order valence-electron chi connectivity index (χ2n) is 4.48. The lowest BCUT2D eigenvalue weighted by Crippen LogP contribution is -2.23. The Hall–Kier alpha value is -3.09. The van der Waals surface area contributed by atoms with Gasteiger partial charge in [0.05, 0.1) is 18.9 Å². The Bertz CT molecular complexity index is 799. The predicted molar refractivity (Wildman–Crippen MR) is 78.3 cm³/mol. The van der Waals surface area contributed by atoms with Gasteiger partial charge in [-0.2, -0.15) is 0 Å².